The lowest BCUT2D eigenvalue weighted by Gasteiger charge is -2.11. The van der Waals surface area contributed by atoms with E-state index >= 15 is 0 Å². The Labute approximate surface area is 177 Å². The van der Waals surface area contributed by atoms with E-state index in [0.29, 0.717) is 33.2 Å². The third kappa shape index (κ3) is 3.48. The van der Waals surface area contributed by atoms with E-state index in [1.807, 2.05) is 35.7 Å². The van der Waals surface area contributed by atoms with Crippen LogP contribution < -0.4 is 5.56 Å². The number of nitrogens with zero attached hydrogens (tertiary/aromatic N) is 3. The average Bonchev–Trinajstić information content (AvgIpc) is 3.38. The second-order valence-electron chi connectivity index (χ2n) is 6.38. The summed E-state index contributed by atoms with van der Waals surface area (Å²) in [5, 5.41) is 3.45. The maximum atomic E-state index is 14.1. The number of hydrogen-bond acceptors (Lipinski definition) is 6. The summed E-state index contributed by atoms with van der Waals surface area (Å²) in [5.74, 6) is 0.147. The van der Waals surface area contributed by atoms with E-state index in [1.54, 1.807) is 34.2 Å². The minimum atomic E-state index is -0.251. The summed E-state index contributed by atoms with van der Waals surface area (Å²) in [6.07, 6.45) is 1.72. The standard InChI is InChI=1S/C21H14FN3OS3/c22-16-8-2-1-5-13(16)12-28-21-24-17-15-7-3-9-23-19(15)29-18(17)20(26)25(21)11-14-6-4-10-27-14/h1-10H,11-12H2. The number of pyridine rings is 1. The van der Waals surface area contributed by atoms with E-state index in [1.165, 1.54) is 29.2 Å². The maximum absolute atomic E-state index is 14.1. The molecular formula is C21H14FN3OS3. The SMILES string of the molecule is O=c1c2sc3ncccc3c2nc(SCc2ccccc2F)n1Cc1cccs1. The van der Waals surface area contributed by atoms with Gasteiger partial charge in [-0.15, -0.1) is 22.7 Å². The minimum absolute atomic E-state index is 0.0811. The zero-order valence-electron chi connectivity index (χ0n) is 15.0. The molecule has 0 spiro atoms. The molecule has 4 aromatic heterocycles. The van der Waals surface area contributed by atoms with Crippen molar-refractivity contribution >= 4 is 54.9 Å². The number of hydrogen-bond donors (Lipinski definition) is 0. The van der Waals surface area contributed by atoms with Crippen LogP contribution in [0, 0.1) is 5.82 Å². The molecule has 4 nitrogen and oxygen atoms in total. The molecule has 0 aliphatic carbocycles. The van der Waals surface area contributed by atoms with Crippen molar-refractivity contribution < 1.29 is 4.39 Å². The fourth-order valence-corrected chi connectivity index (χ4v) is 5.81. The van der Waals surface area contributed by atoms with E-state index in [4.69, 9.17) is 4.98 Å². The molecule has 0 radical (unpaired) electrons. The van der Waals surface area contributed by atoms with E-state index in [9.17, 15) is 9.18 Å². The fraction of sp³-hybridized carbons (Fsp3) is 0.0952. The lowest BCUT2D eigenvalue weighted by atomic mass is 10.2. The van der Waals surface area contributed by atoms with Crippen LogP contribution in [0.1, 0.15) is 10.4 Å². The Morgan fingerprint density at radius 1 is 1.10 bits per heavy atom. The quantitative estimate of drug-likeness (QED) is 0.266. The Morgan fingerprint density at radius 2 is 2.00 bits per heavy atom. The number of benzene rings is 1. The minimum Gasteiger partial charge on any atom is -0.281 e. The molecule has 0 saturated heterocycles. The normalized spacial score (nSPS) is 11.5. The van der Waals surface area contributed by atoms with Crippen LogP contribution in [0.3, 0.4) is 0 Å². The second kappa shape index (κ2) is 7.70. The first-order chi connectivity index (χ1) is 14.2. The molecule has 0 unspecified atom stereocenters. The van der Waals surface area contributed by atoms with Gasteiger partial charge in [-0.3, -0.25) is 9.36 Å². The maximum Gasteiger partial charge on any atom is 0.272 e. The number of rotatable bonds is 5. The first kappa shape index (κ1) is 18.5. The summed E-state index contributed by atoms with van der Waals surface area (Å²) >= 11 is 4.34. The Bertz CT molecular complexity index is 1380. The summed E-state index contributed by atoms with van der Waals surface area (Å²) < 4.78 is 16.4. The molecule has 0 N–H and O–H groups in total. The highest BCUT2D eigenvalue weighted by atomic mass is 32.2. The molecule has 8 heteroatoms. The van der Waals surface area contributed by atoms with E-state index < -0.39 is 0 Å². The third-order valence-electron chi connectivity index (χ3n) is 4.53. The van der Waals surface area contributed by atoms with E-state index in [2.05, 4.69) is 4.98 Å². The smallest absolute Gasteiger partial charge is 0.272 e. The van der Waals surface area contributed by atoms with Crippen LogP contribution in [0.4, 0.5) is 4.39 Å². The van der Waals surface area contributed by atoms with Crippen LogP contribution in [0.15, 0.2) is 70.1 Å². The Hall–Kier alpha value is -2.55. The van der Waals surface area contributed by atoms with Crippen LogP contribution in [0.5, 0.6) is 0 Å². The Morgan fingerprint density at radius 3 is 2.83 bits per heavy atom. The second-order valence-corrected chi connectivity index (χ2v) is 9.35. The average molecular weight is 440 g/mol. The predicted molar refractivity (Wildman–Crippen MR) is 119 cm³/mol. The summed E-state index contributed by atoms with van der Waals surface area (Å²) in [6.45, 7) is 0.445. The highest BCUT2D eigenvalue weighted by Crippen LogP contribution is 2.31. The van der Waals surface area contributed by atoms with Crippen LogP contribution in [-0.2, 0) is 12.3 Å². The Kier molecular flexibility index (Phi) is 4.91. The predicted octanol–water partition coefficient (Wildman–Crippen LogP) is 5.55. The summed E-state index contributed by atoms with van der Waals surface area (Å²) in [4.78, 5) is 24.4. The highest BCUT2D eigenvalue weighted by molar-refractivity contribution is 7.98. The molecule has 0 bridgehead atoms. The third-order valence-corrected chi connectivity index (χ3v) is 7.50. The molecule has 4 heterocycles. The van der Waals surface area contributed by atoms with Crippen molar-refractivity contribution in [3.63, 3.8) is 0 Å². The number of thiophene rings is 2. The van der Waals surface area contributed by atoms with Crippen molar-refractivity contribution in [2.45, 2.75) is 17.5 Å². The molecule has 0 fully saturated rings. The summed E-state index contributed by atoms with van der Waals surface area (Å²) in [6, 6.07) is 14.4. The van der Waals surface area contributed by atoms with Gasteiger partial charge < -0.3 is 0 Å². The lowest BCUT2D eigenvalue weighted by molar-refractivity contribution is 0.617. The lowest BCUT2D eigenvalue weighted by Crippen LogP contribution is -2.22. The number of halogens is 1. The molecule has 0 saturated carbocycles. The highest BCUT2D eigenvalue weighted by Gasteiger charge is 2.18. The van der Waals surface area contributed by atoms with Gasteiger partial charge in [-0.25, -0.2) is 14.4 Å². The van der Waals surface area contributed by atoms with E-state index in [-0.39, 0.29) is 11.4 Å². The molecule has 5 rings (SSSR count). The van der Waals surface area contributed by atoms with Crippen LogP contribution in [0.25, 0.3) is 20.4 Å². The van der Waals surface area contributed by atoms with Gasteiger partial charge in [0.15, 0.2) is 5.16 Å². The van der Waals surface area contributed by atoms with Gasteiger partial charge >= 0.3 is 0 Å². The molecule has 1 aromatic carbocycles. The van der Waals surface area contributed by atoms with Gasteiger partial charge in [-0.2, -0.15) is 0 Å². The van der Waals surface area contributed by atoms with Gasteiger partial charge in [0.2, 0.25) is 0 Å². The van der Waals surface area contributed by atoms with Crippen LogP contribution in [0.2, 0.25) is 0 Å². The van der Waals surface area contributed by atoms with Gasteiger partial charge in [-0.05, 0) is 35.2 Å². The van der Waals surface area contributed by atoms with Crippen molar-refractivity contribution in [2.24, 2.45) is 0 Å². The molecule has 144 valence electrons. The first-order valence-electron chi connectivity index (χ1n) is 8.87. The topological polar surface area (TPSA) is 47.8 Å². The number of aromatic nitrogens is 3. The molecule has 0 aliphatic heterocycles. The van der Waals surface area contributed by atoms with Crippen LogP contribution >= 0.6 is 34.4 Å². The van der Waals surface area contributed by atoms with Gasteiger partial charge in [0.1, 0.15) is 15.3 Å². The zero-order chi connectivity index (χ0) is 19.8. The van der Waals surface area contributed by atoms with Gasteiger partial charge in [0.25, 0.3) is 5.56 Å². The number of fused-ring (bicyclic) bond motifs is 3. The van der Waals surface area contributed by atoms with Crippen molar-refractivity contribution in [3.8, 4) is 0 Å². The van der Waals surface area contributed by atoms with Crippen molar-refractivity contribution in [3.05, 3.63) is 86.7 Å². The van der Waals surface area contributed by atoms with Crippen LogP contribution in [-0.4, -0.2) is 14.5 Å². The van der Waals surface area contributed by atoms with Crippen molar-refractivity contribution in [1.29, 1.82) is 0 Å². The fourth-order valence-electron chi connectivity index (χ4n) is 3.11. The van der Waals surface area contributed by atoms with E-state index in [0.717, 1.165) is 15.1 Å². The molecule has 29 heavy (non-hydrogen) atoms. The summed E-state index contributed by atoms with van der Waals surface area (Å²) in [5.41, 5.74) is 1.18. The molecular weight excluding hydrogens is 425 g/mol. The molecule has 0 amide bonds. The van der Waals surface area contributed by atoms with Gasteiger partial charge in [0, 0.05) is 22.2 Å². The molecule has 5 aromatic rings. The monoisotopic (exact) mass is 439 g/mol. The Balaban J connectivity index is 1.65. The largest absolute Gasteiger partial charge is 0.281 e. The zero-order valence-corrected chi connectivity index (χ0v) is 17.5. The van der Waals surface area contributed by atoms with Gasteiger partial charge in [0.05, 0.1) is 12.1 Å². The number of thioether (sulfide) groups is 1. The molecule has 0 atom stereocenters. The van der Waals surface area contributed by atoms with Gasteiger partial charge in [-0.1, -0.05) is 36.0 Å². The first-order valence-corrected chi connectivity index (χ1v) is 11.6. The van der Waals surface area contributed by atoms with Crippen molar-refractivity contribution in [1.82, 2.24) is 14.5 Å². The summed E-state index contributed by atoms with van der Waals surface area (Å²) in [7, 11) is 0. The molecule has 0 aliphatic rings. The van der Waals surface area contributed by atoms with Crippen molar-refractivity contribution in [2.75, 3.05) is 0 Å².